The van der Waals surface area contributed by atoms with E-state index in [0.29, 0.717) is 13.1 Å². The zero-order chi connectivity index (χ0) is 22.9. The Balaban J connectivity index is 2.64. The van der Waals surface area contributed by atoms with Crippen molar-refractivity contribution in [2.24, 2.45) is 4.99 Å². The average molecular weight is 495 g/mol. The summed E-state index contributed by atoms with van der Waals surface area (Å²) >= 11 is 3.38. The fourth-order valence-corrected chi connectivity index (χ4v) is 2.83. The fraction of sp³-hybridized carbons (Fsp3) is 0.435. The van der Waals surface area contributed by atoms with E-state index in [2.05, 4.69) is 43.5 Å². The Kier molecular flexibility index (Phi) is 14.4. The summed E-state index contributed by atoms with van der Waals surface area (Å²) in [6.45, 7) is 11.6. The molecule has 0 saturated heterocycles. The zero-order valence-corrected chi connectivity index (χ0v) is 20.0. The molecular weight excluding hydrogens is 460 g/mol. The van der Waals surface area contributed by atoms with E-state index in [-0.39, 0.29) is 12.4 Å². The summed E-state index contributed by atoms with van der Waals surface area (Å²) in [6, 6.07) is 5.61. The first kappa shape index (κ1) is 26.9. The molecule has 0 heterocycles. The lowest BCUT2D eigenvalue weighted by Crippen LogP contribution is -2.21. The summed E-state index contributed by atoms with van der Waals surface area (Å²) in [4.78, 5) is 4.40. The van der Waals surface area contributed by atoms with Crippen LogP contribution in [0.5, 0.6) is 0 Å². The number of aliphatic hydroxyl groups excluding tert-OH is 2. The van der Waals surface area contributed by atoms with E-state index in [4.69, 9.17) is 4.74 Å². The Morgan fingerprint density at radius 1 is 1.29 bits per heavy atom. The van der Waals surface area contributed by atoms with Gasteiger partial charge >= 0.3 is 0 Å². The second kappa shape index (κ2) is 16.5. The van der Waals surface area contributed by atoms with Gasteiger partial charge in [-0.2, -0.15) is 0 Å². The molecule has 0 fully saturated rings. The molecule has 1 rings (SSSR count). The molecule has 31 heavy (non-hydrogen) atoms. The van der Waals surface area contributed by atoms with E-state index >= 15 is 0 Å². The Hall–Kier alpha value is -2.13. The topological polar surface area (TPSA) is 98.1 Å². The average Bonchev–Trinajstić information content (AvgIpc) is 2.77. The van der Waals surface area contributed by atoms with Crippen molar-refractivity contribution in [3.8, 4) is 0 Å². The van der Waals surface area contributed by atoms with Gasteiger partial charge in [-0.25, -0.2) is 0 Å². The molecule has 0 radical (unpaired) electrons. The van der Waals surface area contributed by atoms with Crippen LogP contribution in [0.1, 0.15) is 25.8 Å². The van der Waals surface area contributed by atoms with Gasteiger partial charge in [-0.05, 0) is 50.6 Å². The lowest BCUT2D eigenvalue weighted by Gasteiger charge is -2.14. The Morgan fingerprint density at radius 3 is 2.77 bits per heavy atom. The van der Waals surface area contributed by atoms with Gasteiger partial charge in [0.05, 0.1) is 36.7 Å². The van der Waals surface area contributed by atoms with Crippen molar-refractivity contribution in [3.05, 3.63) is 58.3 Å². The van der Waals surface area contributed by atoms with Gasteiger partial charge in [-0.3, -0.25) is 4.99 Å². The molecule has 0 aromatic heterocycles. The highest BCUT2D eigenvalue weighted by molar-refractivity contribution is 9.11. The largest absolute Gasteiger partial charge is 0.512 e. The van der Waals surface area contributed by atoms with Crippen LogP contribution in [0.2, 0.25) is 0 Å². The minimum absolute atomic E-state index is 0.0526. The predicted molar refractivity (Wildman–Crippen MR) is 134 cm³/mol. The van der Waals surface area contributed by atoms with Gasteiger partial charge in [0.1, 0.15) is 0 Å². The first-order valence-electron chi connectivity index (χ1n) is 10.4. The van der Waals surface area contributed by atoms with Crippen molar-refractivity contribution >= 4 is 33.6 Å². The summed E-state index contributed by atoms with van der Waals surface area (Å²) in [5.74, 6) is 0.218. The maximum Gasteiger partial charge on any atom is 0.0941 e. The number of benzene rings is 1. The molecule has 0 spiro atoms. The summed E-state index contributed by atoms with van der Waals surface area (Å²) in [5.41, 5.74) is 3.14. The molecule has 0 saturated carbocycles. The summed E-state index contributed by atoms with van der Waals surface area (Å²) in [7, 11) is 0. The number of allylic oxidation sites excluding steroid dienone is 3. The third-order valence-corrected chi connectivity index (χ3v) is 4.84. The monoisotopic (exact) mass is 494 g/mol. The second-order valence-corrected chi connectivity index (χ2v) is 7.63. The summed E-state index contributed by atoms with van der Waals surface area (Å²) in [6.07, 6.45) is 6.09. The molecule has 0 aliphatic heterocycles. The number of rotatable bonds is 16. The van der Waals surface area contributed by atoms with Gasteiger partial charge in [0.15, 0.2) is 0 Å². The van der Waals surface area contributed by atoms with E-state index in [1.54, 1.807) is 19.3 Å². The Morgan fingerprint density at radius 2 is 2.10 bits per heavy atom. The molecule has 8 heteroatoms. The van der Waals surface area contributed by atoms with Crippen molar-refractivity contribution < 1.29 is 14.9 Å². The van der Waals surface area contributed by atoms with Gasteiger partial charge in [-0.1, -0.05) is 34.7 Å². The maximum absolute atomic E-state index is 9.96. The lowest BCUT2D eigenvalue weighted by molar-refractivity contribution is 0.149. The van der Waals surface area contributed by atoms with Gasteiger partial charge in [0.25, 0.3) is 0 Å². The molecule has 0 unspecified atom stereocenters. The molecular formula is C23H35BrN4O3. The highest BCUT2D eigenvalue weighted by atomic mass is 79.9. The smallest absolute Gasteiger partial charge is 0.0941 e. The third-order valence-electron chi connectivity index (χ3n) is 4.29. The highest BCUT2D eigenvalue weighted by Gasteiger charge is 2.06. The number of nitrogens with zero attached hydrogens (tertiary/aromatic N) is 1. The van der Waals surface area contributed by atoms with Gasteiger partial charge < -0.3 is 30.9 Å². The van der Waals surface area contributed by atoms with E-state index < -0.39 is 0 Å². The lowest BCUT2D eigenvalue weighted by atomic mass is 10.1. The first-order chi connectivity index (χ1) is 15.0. The van der Waals surface area contributed by atoms with E-state index in [1.165, 1.54) is 0 Å². The van der Waals surface area contributed by atoms with Crippen molar-refractivity contribution in [2.75, 3.05) is 50.0 Å². The fourth-order valence-electron chi connectivity index (χ4n) is 2.55. The van der Waals surface area contributed by atoms with Crippen LogP contribution in [-0.2, 0) is 11.3 Å². The number of hydrogen-bond donors (Lipinski definition) is 5. The predicted octanol–water partition coefficient (Wildman–Crippen LogP) is 4.34. The van der Waals surface area contributed by atoms with Gasteiger partial charge in [0, 0.05) is 36.3 Å². The number of nitrogens with one attached hydrogen (secondary N) is 3. The second-order valence-electron chi connectivity index (χ2n) is 6.72. The normalized spacial score (nSPS) is 12.7. The van der Waals surface area contributed by atoms with Crippen molar-refractivity contribution in [1.29, 1.82) is 0 Å². The molecule has 0 atom stereocenters. The van der Waals surface area contributed by atoms with Crippen LogP contribution in [0.25, 0.3) is 0 Å². The van der Waals surface area contributed by atoms with Crippen LogP contribution < -0.4 is 16.0 Å². The first-order valence-corrected chi connectivity index (χ1v) is 11.2. The minimum Gasteiger partial charge on any atom is -0.512 e. The Labute approximate surface area is 194 Å². The number of aliphatic hydroxyl groups is 2. The molecule has 0 aliphatic rings. The molecule has 0 aliphatic carbocycles. The molecule has 0 bridgehead atoms. The third kappa shape index (κ3) is 11.7. The number of hydrogen-bond acceptors (Lipinski definition) is 6. The van der Waals surface area contributed by atoms with Crippen LogP contribution in [-0.4, -0.2) is 55.9 Å². The highest BCUT2D eigenvalue weighted by Crippen LogP contribution is 2.24. The SMILES string of the molecule is C=C/C(Br)=C\C(CNc1cc(CO)ccc1NC=NCCCNCCOCC)=C(/C)O. The van der Waals surface area contributed by atoms with Crippen molar-refractivity contribution in [1.82, 2.24) is 5.32 Å². The van der Waals surface area contributed by atoms with Gasteiger partial charge in [-0.15, -0.1) is 0 Å². The van der Waals surface area contributed by atoms with Crippen LogP contribution >= 0.6 is 15.9 Å². The van der Waals surface area contributed by atoms with Crippen LogP contribution in [0.3, 0.4) is 0 Å². The quantitative estimate of drug-likeness (QED) is 0.0770. The molecule has 1 aromatic carbocycles. The standard InChI is InChI=1S/C23H35BrN4O3/c1-4-21(24)14-20(18(3)30)15-27-23-13-19(16-29)7-8-22(23)28-17-26-10-6-9-25-11-12-31-5-2/h4,7-8,13-14,17,25,27,29-30H,1,5-6,9-12,15-16H2,2-3H3,(H,26,28)/b20-18-,21-14+. The van der Waals surface area contributed by atoms with Crippen LogP contribution in [0.4, 0.5) is 11.4 Å². The van der Waals surface area contributed by atoms with Gasteiger partial charge in [0.2, 0.25) is 0 Å². The van der Waals surface area contributed by atoms with E-state index in [9.17, 15) is 10.2 Å². The summed E-state index contributed by atoms with van der Waals surface area (Å²) in [5, 5.41) is 29.2. The van der Waals surface area contributed by atoms with Crippen LogP contribution in [0, 0.1) is 0 Å². The number of anilines is 2. The molecule has 7 nitrogen and oxygen atoms in total. The molecule has 0 amide bonds. The minimum atomic E-state index is -0.0526. The van der Waals surface area contributed by atoms with Crippen molar-refractivity contribution in [3.63, 3.8) is 0 Å². The Bertz CT molecular complexity index is 759. The van der Waals surface area contributed by atoms with Crippen LogP contribution in [0.15, 0.2) is 57.7 Å². The van der Waals surface area contributed by atoms with E-state index in [1.807, 2.05) is 31.2 Å². The number of ether oxygens (including phenoxy) is 1. The maximum atomic E-state index is 9.96. The van der Waals surface area contributed by atoms with Crippen molar-refractivity contribution in [2.45, 2.75) is 26.9 Å². The summed E-state index contributed by atoms with van der Waals surface area (Å²) < 4.78 is 6.05. The number of aliphatic imine (C=N–C) groups is 1. The van der Waals surface area contributed by atoms with E-state index in [0.717, 1.165) is 59.7 Å². The molecule has 172 valence electrons. The zero-order valence-electron chi connectivity index (χ0n) is 18.5. The molecule has 1 aromatic rings. The molecule has 5 N–H and O–H groups in total. The number of halogens is 1.